The van der Waals surface area contributed by atoms with Crippen molar-refractivity contribution in [1.29, 1.82) is 0 Å². The average molecular weight is 400 g/mol. The van der Waals surface area contributed by atoms with Crippen LogP contribution in [-0.4, -0.2) is 33.8 Å². The standard InChI is InChI=1S/C19H18ClN5O3/c1-11-17(20)22-10-25-19(11)23-18(24-25)14-6-7-16(28-14)21-9-12-4-5-13(26-2)15(8-12)27-3/h4-8,10,21H,9H2,1-3H3. The number of halogens is 1. The van der Waals surface area contributed by atoms with Gasteiger partial charge >= 0.3 is 0 Å². The summed E-state index contributed by atoms with van der Waals surface area (Å²) >= 11 is 6.04. The van der Waals surface area contributed by atoms with E-state index in [4.69, 9.17) is 25.5 Å². The van der Waals surface area contributed by atoms with E-state index in [2.05, 4.69) is 20.4 Å². The maximum atomic E-state index is 6.04. The summed E-state index contributed by atoms with van der Waals surface area (Å²) in [6, 6.07) is 9.39. The fourth-order valence-corrected chi connectivity index (χ4v) is 2.92. The molecule has 9 heteroatoms. The number of benzene rings is 1. The zero-order chi connectivity index (χ0) is 19.7. The van der Waals surface area contributed by atoms with E-state index in [-0.39, 0.29) is 0 Å². The lowest BCUT2D eigenvalue weighted by molar-refractivity contribution is 0.354. The summed E-state index contributed by atoms with van der Waals surface area (Å²) < 4.78 is 18.0. The van der Waals surface area contributed by atoms with Crippen molar-refractivity contribution < 1.29 is 13.9 Å². The molecule has 0 saturated heterocycles. The van der Waals surface area contributed by atoms with Crippen LogP contribution in [0.1, 0.15) is 11.1 Å². The quantitative estimate of drug-likeness (QED) is 0.491. The molecule has 0 radical (unpaired) electrons. The van der Waals surface area contributed by atoms with E-state index >= 15 is 0 Å². The highest BCUT2D eigenvalue weighted by Gasteiger charge is 2.14. The monoisotopic (exact) mass is 399 g/mol. The van der Waals surface area contributed by atoms with E-state index in [1.54, 1.807) is 18.7 Å². The van der Waals surface area contributed by atoms with Crippen LogP contribution in [-0.2, 0) is 6.54 Å². The molecule has 0 unspecified atom stereocenters. The molecule has 0 fully saturated rings. The number of nitrogens with zero attached hydrogens (tertiary/aromatic N) is 4. The molecule has 0 saturated carbocycles. The Morgan fingerprint density at radius 2 is 1.96 bits per heavy atom. The van der Waals surface area contributed by atoms with Crippen molar-refractivity contribution in [1.82, 2.24) is 19.6 Å². The average Bonchev–Trinajstić information content (AvgIpc) is 3.36. The molecular weight excluding hydrogens is 382 g/mol. The van der Waals surface area contributed by atoms with Crippen molar-refractivity contribution in [2.75, 3.05) is 19.5 Å². The molecule has 1 N–H and O–H groups in total. The second-order valence-corrected chi connectivity index (χ2v) is 6.43. The first kappa shape index (κ1) is 18.1. The van der Waals surface area contributed by atoms with E-state index in [9.17, 15) is 0 Å². The zero-order valence-corrected chi connectivity index (χ0v) is 16.3. The van der Waals surface area contributed by atoms with Crippen LogP contribution in [0.4, 0.5) is 5.88 Å². The summed E-state index contributed by atoms with van der Waals surface area (Å²) in [6.45, 7) is 2.41. The van der Waals surface area contributed by atoms with Gasteiger partial charge in [-0.3, -0.25) is 0 Å². The molecule has 144 valence electrons. The number of ether oxygens (including phenoxy) is 2. The summed E-state index contributed by atoms with van der Waals surface area (Å²) in [6.07, 6.45) is 1.53. The van der Waals surface area contributed by atoms with E-state index < -0.39 is 0 Å². The molecule has 0 amide bonds. The van der Waals surface area contributed by atoms with E-state index in [1.165, 1.54) is 6.33 Å². The number of anilines is 1. The zero-order valence-electron chi connectivity index (χ0n) is 15.6. The summed E-state index contributed by atoms with van der Waals surface area (Å²) in [7, 11) is 3.22. The molecule has 28 heavy (non-hydrogen) atoms. The number of methoxy groups -OCH3 is 2. The summed E-state index contributed by atoms with van der Waals surface area (Å²) in [5.74, 6) is 2.99. The maximum absolute atomic E-state index is 6.04. The van der Waals surface area contributed by atoms with Crippen molar-refractivity contribution >= 4 is 23.1 Å². The van der Waals surface area contributed by atoms with Crippen LogP contribution in [0.25, 0.3) is 17.2 Å². The number of hydrogen-bond donors (Lipinski definition) is 1. The highest BCUT2D eigenvalue weighted by atomic mass is 35.5. The molecule has 4 aromatic rings. The minimum absolute atomic E-state index is 0.406. The summed E-state index contributed by atoms with van der Waals surface area (Å²) in [5.41, 5.74) is 2.44. The van der Waals surface area contributed by atoms with Crippen LogP contribution in [0.2, 0.25) is 5.15 Å². The first-order valence-electron chi connectivity index (χ1n) is 8.51. The van der Waals surface area contributed by atoms with E-state index in [0.717, 1.165) is 11.1 Å². The number of aromatic nitrogens is 4. The van der Waals surface area contributed by atoms with Crippen LogP contribution in [0, 0.1) is 6.92 Å². The molecule has 0 aliphatic heterocycles. The van der Waals surface area contributed by atoms with Crippen molar-refractivity contribution in [3.8, 4) is 23.1 Å². The van der Waals surface area contributed by atoms with Gasteiger partial charge in [-0.05, 0) is 30.7 Å². The summed E-state index contributed by atoms with van der Waals surface area (Å²) in [4.78, 5) is 8.56. The van der Waals surface area contributed by atoms with Crippen LogP contribution in [0.15, 0.2) is 41.1 Å². The molecule has 0 atom stereocenters. The lowest BCUT2D eigenvalue weighted by Crippen LogP contribution is -1.99. The van der Waals surface area contributed by atoms with Gasteiger partial charge in [-0.2, -0.15) is 0 Å². The van der Waals surface area contributed by atoms with Gasteiger partial charge in [0.2, 0.25) is 5.82 Å². The molecule has 3 aromatic heterocycles. The third-order valence-electron chi connectivity index (χ3n) is 4.30. The van der Waals surface area contributed by atoms with Gasteiger partial charge in [0.1, 0.15) is 11.5 Å². The fourth-order valence-electron chi connectivity index (χ4n) is 2.79. The van der Waals surface area contributed by atoms with Crippen molar-refractivity contribution in [2.24, 2.45) is 0 Å². The Morgan fingerprint density at radius 1 is 1.14 bits per heavy atom. The van der Waals surface area contributed by atoms with Crippen LogP contribution < -0.4 is 14.8 Å². The van der Waals surface area contributed by atoms with E-state index in [1.807, 2.05) is 37.3 Å². The fraction of sp³-hybridized carbons (Fsp3) is 0.211. The largest absolute Gasteiger partial charge is 0.493 e. The molecule has 0 aliphatic rings. The molecule has 0 aliphatic carbocycles. The molecule has 8 nitrogen and oxygen atoms in total. The molecule has 4 rings (SSSR count). The van der Waals surface area contributed by atoms with Gasteiger partial charge in [-0.1, -0.05) is 17.7 Å². The van der Waals surface area contributed by atoms with Gasteiger partial charge in [-0.15, -0.1) is 5.10 Å². The minimum atomic E-state index is 0.406. The number of fused-ring (bicyclic) bond motifs is 1. The Labute approximate surface area is 166 Å². The SMILES string of the molecule is COc1ccc(CNc2ccc(-c3nc4c(C)c(Cl)ncn4n3)o2)cc1OC. The Balaban J connectivity index is 1.51. The van der Waals surface area contributed by atoms with Crippen molar-refractivity contribution in [3.05, 3.63) is 52.9 Å². The second-order valence-electron chi connectivity index (χ2n) is 6.07. The van der Waals surface area contributed by atoms with Gasteiger partial charge in [0.25, 0.3) is 0 Å². The van der Waals surface area contributed by atoms with Crippen LogP contribution in [0.5, 0.6) is 11.5 Å². The normalized spacial score (nSPS) is 11.0. The highest BCUT2D eigenvalue weighted by Crippen LogP contribution is 2.29. The van der Waals surface area contributed by atoms with Gasteiger partial charge in [-0.25, -0.2) is 14.5 Å². The Bertz CT molecular complexity index is 1140. The number of aryl methyl sites for hydroxylation is 1. The van der Waals surface area contributed by atoms with Gasteiger partial charge in [0.15, 0.2) is 28.8 Å². The smallest absolute Gasteiger partial charge is 0.218 e. The molecule has 0 bridgehead atoms. The highest BCUT2D eigenvalue weighted by molar-refractivity contribution is 6.30. The van der Waals surface area contributed by atoms with Gasteiger partial charge in [0.05, 0.1) is 14.2 Å². The Morgan fingerprint density at radius 3 is 2.75 bits per heavy atom. The Hall–Kier alpha value is -3.26. The van der Waals surface area contributed by atoms with Crippen molar-refractivity contribution in [3.63, 3.8) is 0 Å². The number of hydrogen-bond acceptors (Lipinski definition) is 7. The lowest BCUT2D eigenvalue weighted by atomic mass is 10.2. The predicted molar refractivity (Wildman–Crippen MR) is 105 cm³/mol. The number of furan rings is 1. The topological polar surface area (TPSA) is 86.7 Å². The van der Waals surface area contributed by atoms with E-state index in [0.29, 0.717) is 46.3 Å². The molecule has 1 aromatic carbocycles. The first-order valence-corrected chi connectivity index (χ1v) is 8.89. The van der Waals surface area contributed by atoms with Crippen LogP contribution in [0.3, 0.4) is 0 Å². The molecule has 3 heterocycles. The lowest BCUT2D eigenvalue weighted by Gasteiger charge is -2.09. The van der Waals surface area contributed by atoms with Crippen LogP contribution >= 0.6 is 11.6 Å². The van der Waals surface area contributed by atoms with Crippen molar-refractivity contribution in [2.45, 2.75) is 13.5 Å². The predicted octanol–water partition coefficient (Wildman–Crippen LogP) is 3.98. The van der Waals surface area contributed by atoms with Gasteiger partial charge < -0.3 is 19.2 Å². The number of nitrogens with one attached hydrogen (secondary N) is 1. The second kappa shape index (κ2) is 7.40. The Kier molecular flexibility index (Phi) is 4.79. The maximum Gasteiger partial charge on any atom is 0.218 e. The minimum Gasteiger partial charge on any atom is -0.493 e. The third kappa shape index (κ3) is 3.34. The van der Waals surface area contributed by atoms with Gasteiger partial charge in [0, 0.05) is 18.2 Å². The molecular formula is C19H18ClN5O3. The summed E-state index contributed by atoms with van der Waals surface area (Å²) in [5, 5.41) is 8.03. The number of rotatable bonds is 6. The molecule has 0 spiro atoms. The third-order valence-corrected chi connectivity index (χ3v) is 4.68. The first-order chi connectivity index (χ1) is 13.6.